The number of benzene rings is 2. The van der Waals surface area contributed by atoms with Gasteiger partial charge in [-0.05, 0) is 65.9 Å². The molecule has 0 atom stereocenters. The molecule has 0 fully saturated rings. The molecule has 24 heavy (non-hydrogen) atoms. The average Bonchev–Trinajstić information content (AvgIpc) is 2.50. The monoisotopic (exact) mass is 458 g/mol. The lowest BCUT2D eigenvalue weighted by molar-refractivity contribution is 0.431. The summed E-state index contributed by atoms with van der Waals surface area (Å²) < 4.78 is 0. The molecule has 0 saturated heterocycles. The molecule has 0 radical (unpaired) electrons. The van der Waals surface area contributed by atoms with Crippen molar-refractivity contribution in [1.82, 2.24) is 0 Å². The SMILES string of the molecule is Cc1cc(C)c(O)c(C(c2cc(C)cc(C)c2O)C(C)C)c1.SI. The molecule has 4 heteroatoms. The third-order valence-corrected chi connectivity index (χ3v) is 4.29. The van der Waals surface area contributed by atoms with Crippen LogP contribution in [0.3, 0.4) is 0 Å². The molecule has 2 rings (SSSR count). The number of hydrogen-bond donors (Lipinski definition) is 3. The van der Waals surface area contributed by atoms with Gasteiger partial charge in [0.05, 0.1) is 0 Å². The molecule has 0 unspecified atom stereocenters. The Morgan fingerprint density at radius 2 is 1.08 bits per heavy atom. The van der Waals surface area contributed by atoms with Gasteiger partial charge in [0.2, 0.25) is 0 Å². The Morgan fingerprint density at radius 1 is 0.750 bits per heavy atom. The van der Waals surface area contributed by atoms with Crippen LogP contribution >= 0.6 is 31.0 Å². The smallest absolute Gasteiger partial charge is 0.122 e. The number of thiol groups is 1. The third kappa shape index (κ3) is 4.60. The summed E-state index contributed by atoms with van der Waals surface area (Å²) in [6.45, 7) is 12.2. The predicted octanol–water partition coefficient (Wildman–Crippen LogP) is 6.39. The largest absolute Gasteiger partial charge is 0.507 e. The molecular formula is C20H27IO2S. The Kier molecular flexibility index (Phi) is 7.93. The highest BCUT2D eigenvalue weighted by molar-refractivity contribution is 14.2. The Morgan fingerprint density at radius 3 is 1.38 bits per heavy atom. The minimum absolute atomic E-state index is 0.0304. The van der Waals surface area contributed by atoms with Crippen molar-refractivity contribution in [1.29, 1.82) is 0 Å². The molecule has 0 amide bonds. The summed E-state index contributed by atoms with van der Waals surface area (Å²) in [6, 6.07) is 8.03. The van der Waals surface area contributed by atoms with Crippen molar-refractivity contribution in [3.05, 3.63) is 57.6 Å². The van der Waals surface area contributed by atoms with Gasteiger partial charge in [0.1, 0.15) is 11.5 Å². The summed E-state index contributed by atoms with van der Waals surface area (Å²) in [5.74, 6) is 0.905. The molecule has 2 N–H and O–H groups in total. The third-order valence-electron chi connectivity index (χ3n) is 4.29. The summed E-state index contributed by atoms with van der Waals surface area (Å²) in [7, 11) is 3.50. The van der Waals surface area contributed by atoms with Gasteiger partial charge in [-0.3, -0.25) is 0 Å². The van der Waals surface area contributed by atoms with E-state index in [0.717, 1.165) is 33.4 Å². The Bertz CT molecular complexity index is 654. The number of halogens is 1. The van der Waals surface area contributed by atoms with Gasteiger partial charge in [0.25, 0.3) is 0 Å². The number of hydrogen-bond acceptors (Lipinski definition) is 3. The second kappa shape index (κ2) is 8.99. The molecule has 132 valence electrons. The quantitative estimate of drug-likeness (QED) is 0.369. The minimum Gasteiger partial charge on any atom is -0.507 e. The fourth-order valence-corrected chi connectivity index (χ4v) is 3.35. The minimum atomic E-state index is -0.0304. The number of aromatic hydroxyl groups is 2. The molecule has 0 aromatic heterocycles. The normalized spacial score (nSPS) is 10.8. The molecule has 0 saturated carbocycles. The maximum Gasteiger partial charge on any atom is 0.122 e. The first-order chi connectivity index (χ1) is 11.2. The summed E-state index contributed by atoms with van der Waals surface area (Å²) in [6.07, 6.45) is 0. The number of phenolic OH excluding ortho intramolecular Hbond substituents is 2. The van der Waals surface area contributed by atoms with Crippen LogP contribution in [0.1, 0.15) is 53.1 Å². The molecule has 0 heterocycles. The van der Waals surface area contributed by atoms with Crippen LogP contribution in [0.4, 0.5) is 0 Å². The molecule has 0 aliphatic heterocycles. The van der Waals surface area contributed by atoms with Crippen LogP contribution in [0.15, 0.2) is 24.3 Å². The maximum atomic E-state index is 10.6. The van der Waals surface area contributed by atoms with Gasteiger partial charge in [-0.15, -0.1) is 9.80 Å². The van der Waals surface area contributed by atoms with Gasteiger partial charge in [-0.25, -0.2) is 0 Å². The summed E-state index contributed by atoms with van der Waals surface area (Å²) in [4.78, 5) is 0. The second-order valence-electron chi connectivity index (χ2n) is 6.76. The number of aryl methyl sites for hydroxylation is 4. The van der Waals surface area contributed by atoms with Gasteiger partial charge in [0.15, 0.2) is 0 Å². The first-order valence-corrected chi connectivity index (χ1v) is 11.2. The van der Waals surface area contributed by atoms with Crippen molar-refractivity contribution >= 4 is 31.0 Å². The van der Waals surface area contributed by atoms with Crippen LogP contribution in [-0.2, 0) is 0 Å². The standard InChI is InChI=1S/C20H26O2.HIS/c1-11(2)18(16-9-12(3)7-14(5)19(16)21)17-10-13(4)8-15(6)20(17)22;1-2/h7-11,18,21-22H,1-6H3;2H. The van der Waals surface area contributed by atoms with Crippen molar-refractivity contribution in [3.63, 3.8) is 0 Å². The van der Waals surface area contributed by atoms with E-state index < -0.39 is 0 Å². The summed E-state index contributed by atoms with van der Waals surface area (Å²) in [5, 5.41) is 21.1. The van der Waals surface area contributed by atoms with Gasteiger partial charge in [-0.2, -0.15) is 0 Å². The van der Waals surface area contributed by atoms with Gasteiger partial charge in [-0.1, -0.05) is 49.2 Å². The van der Waals surface area contributed by atoms with Crippen LogP contribution < -0.4 is 0 Å². The van der Waals surface area contributed by atoms with Crippen molar-refractivity contribution in [2.45, 2.75) is 47.5 Å². The van der Waals surface area contributed by atoms with Crippen molar-refractivity contribution < 1.29 is 10.2 Å². The van der Waals surface area contributed by atoms with E-state index in [-0.39, 0.29) is 11.8 Å². The topological polar surface area (TPSA) is 40.5 Å². The Labute approximate surface area is 163 Å². The Hall–Kier alpha value is -0.880. The summed E-state index contributed by atoms with van der Waals surface area (Å²) in [5.41, 5.74) is 5.80. The predicted molar refractivity (Wildman–Crippen MR) is 115 cm³/mol. The lowest BCUT2D eigenvalue weighted by atomic mass is 9.79. The zero-order chi connectivity index (χ0) is 18.6. The highest BCUT2D eigenvalue weighted by Gasteiger charge is 2.25. The second-order valence-corrected chi connectivity index (χ2v) is 6.76. The van der Waals surface area contributed by atoms with E-state index in [4.69, 9.17) is 0 Å². The fourth-order valence-electron chi connectivity index (χ4n) is 3.35. The molecule has 2 aromatic rings. The number of phenols is 2. The summed E-state index contributed by atoms with van der Waals surface area (Å²) >= 11 is 1.84. The molecule has 0 aliphatic carbocycles. The van der Waals surface area contributed by atoms with Crippen LogP contribution in [0.25, 0.3) is 0 Å². The van der Waals surface area contributed by atoms with E-state index in [1.165, 1.54) is 0 Å². The zero-order valence-electron chi connectivity index (χ0n) is 15.2. The average molecular weight is 458 g/mol. The fraction of sp³-hybridized carbons (Fsp3) is 0.400. The number of rotatable bonds is 3. The van der Waals surface area contributed by atoms with E-state index in [1.807, 2.05) is 73.2 Å². The van der Waals surface area contributed by atoms with Gasteiger partial charge < -0.3 is 10.2 Å². The molecular weight excluding hydrogens is 431 g/mol. The van der Waals surface area contributed by atoms with Crippen molar-refractivity contribution in [2.75, 3.05) is 0 Å². The molecule has 0 aliphatic rings. The lowest BCUT2D eigenvalue weighted by Gasteiger charge is -2.26. The van der Waals surface area contributed by atoms with Crippen molar-refractivity contribution in [2.24, 2.45) is 5.92 Å². The van der Waals surface area contributed by atoms with Crippen molar-refractivity contribution in [3.8, 4) is 11.5 Å². The van der Waals surface area contributed by atoms with E-state index in [1.54, 1.807) is 0 Å². The maximum absolute atomic E-state index is 10.6. The highest BCUT2D eigenvalue weighted by Crippen LogP contribution is 2.43. The van der Waals surface area contributed by atoms with E-state index in [0.29, 0.717) is 11.5 Å². The van der Waals surface area contributed by atoms with E-state index in [9.17, 15) is 10.2 Å². The lowest BCUT2D eigenvalue weighted by Crippen LogP contribution is -2.11. The first-order valence-electron chi connectivity index (χ1n) is 7.99. The first kappa shape index (κ1) is 21.2. The van der Waals surface area contributed by atoms with E-state index >= 15 is 0 Å². The zero-order valence-corrected chi connectivity index (χ0v) is 18.2. The molecule has 0 spiro atoms. The van der Waals surface area contributed by atoms with Crippen LogP contribution in [0, 0.1) is 33.6 Å². The molecule has 2 nitrogen and oxygen atoms in total. The van der Waals surface area contributed by atoms with Crippen LogP contribution in [0.5, 0.6) is 11.5 Å². The van der Waals surface area contributed by atoms with Gasteiger partial charge in [0, 0.05) is 17.0 Å². The highest BCUT2D eigenvalue weighted by atomic mass is 127. The van der Waals surface area contributed by atoms with Crippen LogP contribution in [-0.4, -0.2) is 10.2 Å². The Balaban J connectivity index is 0.00000139. The van der Waals surface area contributed by atoms with Gasteiger partial charge >= 0.3 is 0 Å². The molecule has 0 bridgehead atoms. The van der Waals surface area contributed by atoms with E-state index in [2.05, 4.69) is 23.6 Å². The molecule has 2 aromatic carbocycles. The van der Waals surface area contributed by atoms with Crippen LogP contribution in [0.2, 0.25) is 0 Å².